The van der Waals surface area contributed by atoms with Gasteiger partial charge in [-0.2, -0.15) is 0 Å². The number of carboxylic acids is 1. The first-order chi connectivity index (χ1) is 24.6. The molecule has 6 nitrogen and oxygen atoms in total. The molecule has 2 N–H and O–H groups in total. The number of carbonyl (C=O) groups is 1. The van der Waals surface area contributed by atoms with Crippen LogP contribution in [0.2, 0.25) is 0 Å². The van der Waals surface area contributed by atoms with E-state index in [4.69, 9.17) is 9.82 Å². The predicted molar refractivity (Wildman–Crippen MR) is 200 cm³/mol. The van der Waals surface area contributed by atoms with Gasteiger partial charge in [0.1, 0.15) is 5.54 Å². The summed E-state index contributed by atoms with van der Waals surface area (Å²) in [5, 5.41) is 20.1. The number of nitrogens with zero attached hydrogens (tertiary/aromatic N) is 2. The van der Waals surface area contributed by atoms with Crippen LogP contribution in [-0.2, 0) is 20.8 Å². The van der Waals surface area contributed by atoms with Crippen molar-refractivity contribution in [2.24, 2.45) is 5.16 Å². The van der Waals surface area contributed by atoms with E-state index in [0.717, 1.165) is 56.0 Å². The van der Waals surface area contributed by atoms with Crippen molar-refractivity contribution in [3.05, 3.63) is 215 Å². The summed E-state index contributed by atoms with van der Waals surface area (Å²) in [5.41, 5.74) is 5.06. The maximum absolute atomic E-state index is 11.6. The molecule has 7 heteroatoms. The Bertz CT molecular complexity index is 2050. The molecule has 0 aliphatic carbocycles. The van der Waals surface area contributed by atoms with E-state index >= 15 is 0 Å². The molecule has 0 bridgehead atoms. The lowest BCUT2D eigenvalue weighted by molar-refractivity contribution is -0.129. The van der Waals surface area contributed by atoms with Gasteiger partial charge >= 0.3 is 5.97 Å². The molecule has 0 aliphatic heterocycles. The fraction of sp³-hybridized carbons (Fsp3) is 0.0465. The first-order valence-electron chi connectivity index (χ1n) is 16.2. The molecule has 0 atom stereocenters. The fourth-order valence-electron chi connectivity index (χ4n) is 6.54. The van der Waals surface area contributed by atoms with Crippen LogP contribution in [0.15, 0.2) is 186 Å². The van der Waals surface area contributed by atoms with Crippen LogP contribution in [0.1, 0.15) is 33.4 Å². The monoisotopic (exact) mass is 671 g/mol. The van der Waals surface area contributed by atoms with Crippen LogP contribution in [0.25, 0.3) is 11.3 Å². The van der Waals surface area contributed by atoms with Gasteiger partial charge in [0, 0.05) is 27.6 Å². The van der Waals surface area contributed by atoms with Crippen LogP contribution < -0.4 is 5.32 Å². The highest BCUT2D eigenvalue weighted by Gasteiger charge is 2.42. The Balaban J connectivity index is 1.40. The van der Waals surface area contributed by atoms with E-state index in [1.807, 2.05) is 109 Å². The molecule has 0 unspecified atom stereocenters. The summed E-state index contributed by atoms with van der Waals surface area (Å²) >= 11 is 1.52. The van der Waals surface area contributed by atoms with Crippen LogP contribution in [0.5, 0.6) is 0 Å². The summed E-state index contributed by atoms with van der Waals surface area (Å²) in [6.07, 6.45) is 0.768. The number of rotatable bonds is 12. The first-order valence-corrected chi connectivity index (χ1v) is 17.0. The molecule has 1 heterocycles. The highest BCUT2D eigenvalue weighted by molar-refractivity contribution is 7.14. The zero-order chi connectivity index (χ0) is 34.2. The molecule has 0 radical (unpaired) electrons. The summed E-state index contributed by atoms with van der Waals surface area (Å²) in [5.74, 6) is -1.21. The van der Waals surface area contributed by atoms with E-state index in [0.29, 0.717) is 0 Å². The number of aliphatic carboxylic acids is 1. The van der Waals surface area contributed by atoms with Gasteiger partial charge in [0.25, 0.3) is 0 Å². The van der Waals surface area contributed by atoms with Gasteiger partial charge in [0.2, 0.25) is 5.60 Å². The maximum atomic E-state index is 11.6. The number of aromatic nitrogens is 1. The molecule has 50 heavy (non-hydrogen) atoms. The number of oxime groups is 1. The van der Waals surface area contributed by atoms with Crippen molar-refractivity contribution in [3.8, 4) is 11.3 Å². The molecule has 0 aliphatic rings. The average molecular weight is 672 g/mol. The van der Waals surface area contributed by atoms with Gasteiger partial charge in [-0.1, -0.05) is 181 Å². The van der Waals surface area contributed by atoms with E-state index in [9.17, 15) is 9.90 Å². The van der Waals surface area contributed by atoms with Gasteiger partial charge in [-0.25, -0.2) is 9.78 Å². The molecule has 6 aromatic carbocycles. The van der Waals surface area contributed by atoms with Crippen LogP contribution in [0, 0.1) is 0 Å². The van der Waals surface area contributed by atoms with Gasteiger partial charge in [-0.05, 0) is 16.7 Å². The van der Waals surface area contributed by atoms with Crippen molar-refractivity contribution in [2.75, 3.05) is 5.32 Å². The third kappa shape index (κ3) is 6.18. The van der Waals surface area contributed by atoms with E-state index in [2.05, 4.69) is 83.3 Å². The van der Waals surface area contributed by atoms with Crippen molar-refractivity contribution in [1.82, 2.24) is 4.98 Å². The molecular formula is C43H33N3O3S. The molecule has 244 valence electrons. The smallest absolute Gasteiger partial charge is 0.350 e. The number of nitrogens with one attached hydrogen (secondary N) is 1. The molecule has 0 saturated carbocycles. The van der Waals surface area contributed by atoms with Crippen molar-refractivity contribution in [2.45, 2.75) is 11.1 Å². The van der Waals surface area contributed by atoms with E-state index in [1.54, 1.807) is 0 Å². The van der Waals surface area contributed by atoms with Gasteiger partial charge in [-0.3, -0.25) is 0 Å². The van der Waals surface area contributed by atoms with Crippen LogP contribution >= 0.6 is 11.3 Å². The third-order valence-corrected chi connectivity index (χ3v) is 9.47. The summed E-state index contributed by atoms with van der Waals surface area (Å²) in [6.45, 7) is 0. The predicted octanol–water partition coefficient (Wildman–Crippen LogP) is 9.59. The Morgan fingerprint density at radius 3 is 1.50 bits per heavy atom. The Hall–Kier alpha value is -6.31. The molecule has 0 saturated heterocycles. The Kier molecular flexibility index (Phi) is 9.31. The molecule has 0 spiro atoms. The lowest BCUT2D eigenvalue weighted by Crippen LogP contribution is -2.38. The standard InChI is InChI=1S/C43H33N3O3S/c47-40(48)30-44-49-43(35-24-12-4-13-25-35,36-26-14-5-15-27-36)38-29-17-16-28-37(38)39-31-50-41(45-39)46-42(32-18-6-1-7-19-32,33-20-8-2-9-21-33)34-22-10-3-11-23-34/h1-31H,(H,45,46)(H,47,48)/b44-30-. The fourth-order valence-corrected chi connectivity index (χ4v) is 7.30. The lowest BCUT2D eigenvalue weighted by Gasteiger charge is -2.36. The van der Waals surface area contributed by atoms with Crippen molar-refractivity contribution in [3.63, 3.8) is 0 Å². The molecule has 1 aromatic heterocycles. The SMILES string of the molecule is O=C(O)/C=N\OC(c1ccccc1)(c1ccccc1)c1ccccc1-c1csc(NC(c2ccccc2)(c2ccccc2)c2ccccc2)n1. The first kappa shape index (κ1) is 32.2. The maximum Gasteiger partial charge on any atom is 0.350 e. The second-order valence-corrected chi connectivity index (χ2v) is 12.5. The molecule has 0 fully saturated rings. The normalized spacial score (nSPS) is 11.7. The third-order valence-electron chi connectivity index (χ3n) is 8.71. The number of benzene rings is 6. The van der Waals surface area contributed by atoms with Gasteiger partial charge in [0.05, 0.1) is 5.69 Å². The molecule has 7 aromatic rings. The van der Waals surface area contributed by atoms with E-state index in [-0.39, 0.29) is 0 Å². The summed E-state index contributed by atoms with van der Waals surface area (Å²) in [6, 6.07) is 58.6. The Labute approximate surface area is 295 Å². The summed E-state index contributed by atoms with van der Waals surface area (Å²) in [4.78, 5) is 23.2. The quantitative estimate of drug-likeness (QED) is 0.0768. The summed E-state index contributed by atoms with van der Waals surface area (Å²) < 4.78 is 0. The van der Waals surface area contributed by atoms with Crippen LogP contribution in [0.3, 0.4) is 0 Å². The summed E-state index contributed by atoms with van der Waals surface area (Å²) in [7, 11) is 0. The molecule has 7 rings (SSSR count). The zero-order valence-electron chi connectivity index (χ0n) is 27.0. The largest absolute Gasteiger partial charge is 0.477 e. The van der Waals surface area contributed by atoms with Crippen LogP contribution in [0.4, 0.5) is 5.13 Å². The zero-order valence-corrected chi connectivity index (χ0v) is 27.8. The number of hydrogen-bond donors (Lipinski definition) is 2. The number of hydrogen-bond acceptors (Lipinski definition) is 6. The van der Waals surface area contributed by atoms with Gasteiger partial charge < -0.3 is 15.3 Å². The van der Waals surface area contributed by atoms with Crippen molar-refractivity contribution >= 4 is 28.7 Å². The van der Waals surface area contributed by atoms with Gasteiger partial charge in [0.15, 0.2) is 11.3 Å². The van der Waals surface area contributed by atoms with Crippen LogP contribution in [-0.4, -0.2) is 22.3 Å². The number of thiazole rings is 1. The molecule has 0 amide bonds. The number of carboxylic acid groups (broad SMARTS) is 1. The van der Waals surface area contributed by atoms with Crippen molar-refractivity contribution < 1.29 is 14.7 Å². The minimum Gasteiger partial charge on any atom is -0.477 e. The van der Waals surface area contributed by atoms with Crippen molar-refractivity contribution in [1.29, 1.82) is 0 Å². The number of anilines is 1. The second-order valence-electron chi connectivity index (χ2n) is 11.6. The lowest BCUT2D eigenvalue weighted by atomic mass is 9.77. The minimum absolute atomic E-state index is 0.723. The van der Waals surface area contributed by atoms with E-state index < -0.39 is 17.1 Å². The Morgan fingerprint density at radius 1 is 0.620 bits per heavy atom. The molecular weight excluding hydrogens is 639 g/mol. The minimum atomic E-state index is -1.30. The average Bonchev–Trinajstić information content (AvgIpc) is 3.66. The highest BCUT2D eigenvalue weighted by Crippen LogP contribution is 2.46. The topological polar surface area (TPSA) is 83.8 Å². The van der Waals surface area contributed by atoms with Gasteiger partial charge in [-0.15, -0.1) is 11.3 Å². The van der Waals surface area contributed by atoms with E-state index in [1.165, 1.54) is 11.3 Å². The second kappa shape index (κ2) is 14.4. The Morgan fingerprint density at radius 2 is 1.04 bits per heavy atom. The highest BCUT2D eigenvalue weighted by atomic mass is 32.1.